The van der Waals surface area contributed by atoms with Crippen molar-refractivity contribution in [1.29, 1.82) is 0 Å². The molecule has 0 atom stereocenters. The molecule has 146 valence electrons. The Hall–Kier alpha value is -1.32. The van der Waals surface area contributed by atoms with Crippen molar-refractivity contribution in [2.75, 3.05) is 6.61 Å². The number of ether oxygens (including phenoxy) is 2. The maximum atomic E-state index is 12.6. The molecule has 4 heteroatoms. The summed E-state index contributed by atoms with van der Waals surface area (Å²) in [5.41, 5.74) is -0.791. The average molecular weight is 363 g/mol. The van der Waals surface area contributed by atoms with Crippen LogP contribution in [0.5, 0.6) is 0 Å². The summed E-state index contributed by atoms with van der Waals surface area (Å²) >= 11 is 0. The highest BCUT2D eigenvalue weighted by molar-refractivity contribution is 5.90. The maximum Gasteiger partial charge on any atom is 0.350 e. The van der Waals surface area contributed by atoms with Gasteiger partial charge >= 0.3 is 11.9 Å². The Bertz CT molecular complexity index is 578. The molecule has 0 heterocycles. The number of carbonyl (C=O) groups is 2. The average Bonchev–Trinajstić information content (AvgIpc) is 2.50. The predicted molar refractivity (Wildman–Crippen MR) is 100 cm³/mol. The van der Waals surface area contributed by atoms with Crippen molar-refractivity contribution in [3.05, 3.63) is 12.2 Å². The quantitative estimate of drug-likeness (QED) is 0.509. The molecule has 4 saturated carbocycles. The fourth-order valence-electron chi connectivity index (χ4n) is 5.87. The minimum absolute atomic E-state index is 0.0624. The monoisotopic (exact) mass is 362 g/mol. The summed E-state index contributed by atoms with van der Waals surface area (Å²) in [5.74, 6) is 1.55. The fraction of sp³-hybridized carbons (Fsp3) is 0.818. The van der Waals surface area contributed by atoms with E-state index in [0.717, 1.165) is 17.8 Å². The van der Waals surface area contributed by atoms with Crippen LogP contribution in [0.1, 0.15) is 73.1 Å². The van der Waals surface area contributed by atoms with Crippen LogP contribution in [0.3, 0.4) is 0 Å². The van der Waals surface area contributed by atoms with Crippen molar-refractivity contribution < 1.29 is 19.1 Å². The third-order valence-corrected chi connectivity index (χ3v) is 7.23. The minimum atomic E-state index is -1.30. The van der Waals surface area contributed by atoms with Gasteiger partial charge in [0.05, 0.1) is 6.61 Å². The first-order valence-electron chi connectivity index (χ1n) is 10.0. The lowest BCUT2D eigenvalue weighted by atomic mass is 9.43. The third kappa shape index (κ3) is 3.44. The lowest BCUT2D eigenvalue weighted by Crippen LogP contribution is -2.54. The molecule has 4 nitrogen and oxygen atoms in total. The van der Waals surface area contributed by atoms with Gasteiger partial charge in [0, 0.05) is 11.0 Å². The van der Waals surface area contributed by atoms with Crippen molar-refractivity contribution in [3.63, 3.8) is 0 Å². The van der Waals surface area contributed by atoms with Gasteiger partial charge in [-0.1, -0.05) is 20.4 Å². The number of hydrogen-bond donors (Lipinski definition) is 0. The van der Waals surface area contributed by atoms with Crippen LogP contribution in [-0.2, 0) is 19.1 Å². The van der Waals surface area contributed by atoms with Gasteiger partial charge in [0.2, 0.25) is 5.60 Å². The molecule has 0 aromatic rings. The van der Waals surface area contributed by atoms with E-state index in [1.165, 1.54) is 38.5 Å². The van der Waals surface area contributed by atoms with Gasteiger partial charge in [0.1, 0.15) is 0 Å². The van der Waals surface area contributed by atoms with Crippen LogP contribution >= 0.6 is 0 Å². The summed E-state index contributed by atoms with van der Waals surface area (Å²) in [7, 11) is 0. The van der Waals surface area contributed by atoms with E-state index in [-0.39, 0.29) is 11.0 Å². The van der Waals surface area contributed by atoms with Crippen LogP contribution in [0, 0.1) is 28.6 Å². The largest absolute Gasteiger partial charge is 0.462 e. The number of rotatable bonds is 6. The molecule has 4 rings (SSSR count). The van der Waals surface area contributed by atoms with Gasteiger partial charge in [0.15, 0.2) is 0 Å². The smallest absolute Gasteiger partial charge is 0.350 e. The van der Waals surface area contributed by atoms with E-state index in [1.807, 2.05) is 0 Å². The lowest BCUT2D eigenvalue weighted by Gasteiger charge is -2.62. The molecular formula is C22H34O4. The molecule has 4 fully saturated rings. The molecule has 0 saturated heterocycles. The molecular weight excluding hydrogens is 328 g/mol. The second kappa shape index (κ2) is 6.38. The van der Waals surface area contributed by atoms with Gasteiger partial charge in [0.25, 0.3) is 0 Å². The van der Waals surface area contributed by atoms with Gasteiger partial charge in [-0.3, -0.25) is 0 Å². The van der Waals surface area contributed by atoms with Crippen LogP contribution in [0.25, 0.3) is 0 Å². The van der Waals surface area contributed by atoms with Gasteiger partial charge in [-0.05, 0) is 82.5 Å². The van der Waals surface area contributed by atoms with E-state index in [9.17, 15) is 9.59 Å². The normalized spacial score (nSPS) is 33.0. The Labute approximate surface area is 157 Å². The Morgan fingerprint density at radius 1 is 1.00 bits per heavy atom. The topological polar surface area (TPSA) is 52.6 Å². The molecule has 0 spiro atoms. The Kier molecular flexibility index (Phi) is 4.77. The summed E-state index contributed by atoms with van der Waals surface area (Å²) < 4.78 is 11.0. The molecule has 4 aliphatic rings. The first-order chi connectivity index (χ1) is 11.9. The van der Waals surface area contributed by atoms with Crippen LogP contribution in [0.15, 0.2) is 12.2 Å². The first kappa shape index (κ1) is 19.4. The lowest BCUT2D eigenvalue weighted by molar-refractivity contribution is -0.186. The van der Waals surface area contributed by atoms with E-state index < -0.39 is 17.5 Å². The van der Waals surface area contributed by atoms with Crippen molar-refractivity contribution in [3.8, 4) is 0 Å². The summed E-state index contributed by atoms with van der Waals surface area (Å²) in [4.78, 5) is 24.3. The highest BCUT2D eigenvalue weighted by Crippen LogP contribution is 2.65. The van der Waals surface area contributed by atoms with Crippen LogP contribution in [0.4, 0.5) is 0 Å². The summed E-state index contributed by atoms with van der Waals surface area (Å²) in [5, 5.41) is 0. The van der Waals surface area contributed by atoms with Gasteiger partial charge in [-0.25, -0.2) is 9.59 Å². The molecule has 0 aliphatic heterocycles. The molecule has 4 bridgehead atoms. The zero-order chi connectivity index (χ0) is 19.3. The first-order valence-corrected chi connectivity index (χ1v) is 10.0. The second-order valence-electron chi connectivity index (χ2n) is 10.3. The Balaban J connectivity index is 1.64. The van der Waals surface area contributed by atoms with Crippen molar-refractivity contribution in [1.82, 2.24) is 0 Å². The summed E-state index contributed by atoms with van der Waals surface area (Å²) in [6.45, 7) is 13.2. The van der Waals surface area contributed by atoms with Crippen LogP contribution < -0.4 is 0 Å². The predicted octanol–water partition coefficient (Wildman–Crippen LogP) is 4.67. The second-order valence-corrected chi connectivity index (χ2v) is 10.3. The van der Waals surface area contributed by atoms with Crippen LogP contribution in [0.2, 0.25) is 0 Å². The molecule has 0 amide bonds. The molecule has 0 aromatic heterocycles. The zero-order valence-electron chi connectivity index (χ0n) is 17.0. The maximum absolute atomic E-state index is 12.6. The number of hydrogen-bond acceptors (Lipinski definition) is 4. The number of carbonyl (C=O) groups excluding carboxylic acids is 2. The Morgan fingerprint density at radius 3 is 1.88 bits per heavy atom. The van der Waals surface area contributed by atoms with Crippen molar-refractivity contribution in [2.45, 2.75) is 78.7 Å². The number of esters is 2. The molecule has 26 heavy (non-hydrogen) atoms. The van der Waals surface area contributed by atoms with E-state index in [4.69, 9.17) is 9.47 Å². The zero-order valence-corrected chi connectivity index (χ0v) is 17.0. The SMILES string of the molecule is C=C(C)C(=O)OC(C)(C)C(=O)OCC(C)(C)C12CC3CC(CC(C3)C1)C2. The molecule has 0 N–H and O–H groups in total. The van der Waals surface area contributed by atoms with Crippen molar-refractivity contribution >= 4 is 11.9 Å². The molecule has 4 aliphatic carbocycles. The molecule has 0 aromatic carbocycles. The highest BCUT2D eigenvalue weighted by atomic mass is 16.6. The van der Waals surface area contributed by atoms with E-state index in [0.29, 0.717) is 12.0 Å². The summed E-state index contributed by atoms with van der Waals surface area (Å²) in [6.07, 6.45) is 8.03. The molecule has 0 radical (unpaired) electrons. The third-order valence-electron chi connectivity index (χ3n) is 7.23. The molecule has 0 unspecified atom stereocenters. The van der Waals surface area contributed by atoms with Gasteiger partial charge in [-0.2, -0.15) is 0 Å². The minimum Gasteiger partial charge on any atom is -0.462 e. The standard InChI is InChI=1S/C22H34O4/c1-14(2)18(23)26-21(5,6)19(24)25-13-20(3,4)22-10-15-7-16(11-22)9-17(8-15)12-22/h15-17H,1,7-13H2,2-6H3. The van der Waals surface area contributed by atoms with Crippen molar-refractivity contribution in [2.24, 2.45) is 28.6 Å². The summed E-state index contributed by atoms with van der Waals surface area (Å²) in [6, 6.07) is 0. The van der Waals surface area contributed by atoms with Gasteiger partial charge < -0.3 is 9.47 Å². The van der Waals surface area contributed by atoms with Gasteiger partial charge in [-0.15, -0.1) is 0 Å². The van der Waals surface area contributed by atoms with E-state index >= 15 is 0 Å². The van der Waals surface area contributed by atoms with E-state index in [1.54, 1.807) is 20.8 Å². The Morgan fingerprint density at radius 2 is 1.46 bits per heavy atom. The van der Waals surface area contributed by atoms with Crippen LogP contribution in [-0.4, -0.2) is 24.1 Å². The van der Waals surface area contributed by atoms with E-state index in [2.05, 4.69) is 20.4 Å². The highest BCUT2D eigenvalue weighted by Gasteiger charge is 2.57. The fourth-order valence-corrected chi connectivity index (χ4v) is 5.87.